The highest BCUT2D eigenvalue weighted by Crippen LogP contribution is 2.48. The Hall–Kier alpha value is -2.36. The lowest BCUT2D eigenvalue weighted by Gasteiger charge is -2.38. The van der Waals surface area contributed by atoms with E-state index < -0.39 is 23.9 Å². The average molecular weight is 412 g/mol. The maximum atomic E-state index is 12.8. The SMILES string of the molecule is CC(C)NC(=O)OC1CCC2(CO2)C2C1N=NN2Cc1ccc(C(F)(F)F)cc1. The first-order valence-corrected chi connectivity index (χ1v) is 9.63. The van der Waals surface area contributed by atoms with Crippen molar-refractivity contribution in [3.63, 3.8) is 0 Å². The van der Waals surface area contributed by atoms with Crippen LogP contribution in [0.25, 0.3) is 0 Å². The summed E-state index contributed by atoms with van der Waals surface area (Å²) < 4.78 is 49.6. The fourth-order valence-electron chi connectivity index (χ4n) is 4.05. The van der Waals surface area contributed by atoms with Crippen LogP contribution in [-0.4, -0.2) is 47.5 Å². The molecule has 4 unspecified atom stereocenters. The molecule has 0 aromatic heterocycles. The molecule has 7 nitrogen and oxygen atoms in total. The highest BCUT2D eigenvalue weighted by Gasteiger charge is 2.63. The molecule has 158 valence electrons. The molecule has 3 aliphatic rings. The fraction of sp³-hybridized carbons (Fsp3) is 0.632. The van der Waals surface area contributed by atoms with E-state index in [0.717, 1.165) is 12.1 Å². The van der Waals surface area contributed by atoms with E-state index in [4.69, 9.17) is 9.47 Å². The van der Waals surface area contributed by atoms with Crippen LogP contribution in [0.4, 0.5) is 18.0 Å². The fourth-order valence-corrected chi connectivity index (χ4v) is 4.05. The van der Waals surface area contributed by atoms with Crippen molar-refractivity contribution in [3.05, 3.63) is 35.4 Å². The van der Waals surface area contributed by atoms with Gasteiger partial charge in [0, 0.05) is 6.04 Å². The molecule has 10 heteroatoms. The Morgan fingerprint density at radius 2 is 2.07 bits per heavy atom. The van der Waals surface area contributed by atoms with Crippen LogP contribution >= 0.6 is 0 Å². The second-order valence-corrected chi connectivity index (χ2v) is 8.07. The minimum absolute atomic E-state index is 0.0404. The molecule has 2 heterocycles. The minimum Gasteiger partial charge on any atom is -0.444 e. The van der Waals surface area contributed by atoms with E-state index in [1.165, 1.54) is 12.1 Å². The Balaban J connectivity index is 1.46. The Labute approximate surface area is 166 Å². The van der Waals surface area contributed by atoms with E-state index in [0.29, 0.717) is 31.6 Å². The zero-order valence-electron chi connectivity index (χ0n) is 16.1. The summed E-state index contributed by atoms with van der Waals surface area (Å²) in [6.45, 7) is 4.57. The molecule has 1 aromatic rings. The summed E-state index contributed by atoms with van der Waals surface area (Å²) in [6, 6.07) is 4.40. The number of amides is 1. The summed E-state index contributed by atoms with van der Waals surface area (Å²) >= 11 is 0. The number of rotatable bonds is 4. The number of carbonyl (C=O) groups is 1. The first-order valence-electron chi connectivity index (χ1n) is 9.63. The largest absolute Gasteiger partial charge is 0.444 e. The standard InChI is InChI=1S/C19H23F3N4O3/c1-11(2)23-17(27)29-14-7-8-18(10-28-18)16-15(14)24-25-26(16)9-12-3-5-13(6-4-12)19(20,21)22/h3-6,11,14-16H,7-10H2,1-2H3,(H,23,27). The van der Waals surface area contributed by atoms with Crippen molar-refractivity contribution >= 4 is 6.09 Å². The van der Waals surface area contributed by atoms with E-state index in [1.54, 1.807) is 5.01 Å². The van der Waals surface area contributed by atoms with Gasteiger partial charge in [-0.25, -0.2) is 4.79 Å². The normalized spacial score (nSPS) is 30.6. The van der Waals surface area contributed by atoms with Crippen molar-refractivity contribution in [3.8, 4) is 0 Å². The molecule has 2 fully saturated rings. The monoisotopic (exact) mass is 412 g/mol. The number of alkyl halides is 3. The molecule has 1 spiro atoms. The number of alkyl carbamates (subject to hydrolysis) is 1. The lowest BCUT2D eigenvalue weighted by Crippen LogP contribution is -2.56. The molecular weight excluding hydrogens is 389 g/mol. The third-order valence-electron chi connectivity index (χ3n) is 5.52. The van der Waals surface area contributed by atoms with E-state index >= 15 is 0 Å². The highest BCUT2D eigenvalue weighted by molar-refractivity contribution is 5.67. The molecule has 29 heavy (non-hydrogen) atoms. The Morgan fingerprint density at radius 1 is 1.38 bits per heavy atom. The molecule has 0 radical (unpaired) electrons. The molecule has 1 aromatic carbocycles. The number of hydrogen-bond donors (Lipinski definition) is 1. The van der Waals surface area contributed by atoms with Gasteiger partial charge in [0.2, 0.25) is 0 Å². The van der Waals surface area contributed by atoms with Gasteiger partial charge in [0.05, 0.1) is 18.7 Å². The second-order valence-electron chi connectivity index (χ2n) is 8.07. The molecule has 1 saturated heterocycles. The minimum atomic E-state index is -4.37. The lowest BCUT2D eigenvalue weighted by atomic mass is 9.79. The number of nitrogens with zero attached hydrogens (tertiary/aromatic N) is 3. The van der Waals surface area contributed by atoms with Crippen molar-refractivity contribution in [2.75, 3.05) is 6.61 Å². The molecule has 1 amide bonds. The van der Waals surface area contributed by atoms with Gasteiger partial charge in [-0.1, -0.05) is 17.4 Å². The molecule has 4 rings (SSSR count). The van der Waals surface area contributed by atoms with Gasteiger partial charge in [0.15, 0.2) is 0 Å². The third-order valence-corrected chi connectivity index (χ3v) is 5.52. The van der Waals surface area contributed by atoms with Crippen LogP contribution in [0.1, 0.15) is 37.8 Å². The number of benzene rings is 1. The molecule has 0 bridgehead atoms. The van der Waals surface area contributed by atoms with Crippen LogP contribution in [-0.2, 0) is 22.2 Å². The van der Waals surface area contributed by atoms with Crippen molar-refractivity contribution in [2.24, 2.45) is 10.3 Å². The van der Waals surface area contributed by atoms with Crippen LogP contribution in [0.3, 0.4) is 0 Å². The average Bonchev–Trinajstić information content (AvgIpc) is 3.27. The molecule has 1 saturated carbocycles. The quantitative estimate of drug-likeness (QED) is 0.765. The first-order chi connectivity index (χ1) is 13.7. The van der Waals surface area contributed by atoms with Crippen molar-refractivity contribution < 1.29 is 27.4 Å². The Kier molecular flexibility index (Phi) is 4.92. The van der Waals surface area contributed by atoms with Gasteiger partial charge < -0.3 is 14.8 Å². The number of nitrogens with one attached hydrogen (secondary N) is 1. The van der Waals surface area contributed by atoms with Crippen LogP contribution in [0.2, 0.25) is 0 Å². The number of epoxide rings is 1. The Bertz CT molecular complexity index is 793. The van der Waals surface area contributed by atoms with E-state index in [-0.39, 0.29) is 23.7 Å². The van der Waals surface area contributed by atoms with Gasteiger partial charge in [-0.05, 0) is 44.4 Å². The molecule has 2 aliphatic heterocycles. The number of hydrogen-bond acceptors (Lipinski definition) is 6. The van der Waals surface area contributed by atoms with E-state index in [2.05, 4.69) is 15.7 Å². The number of halogens is 3. The molecular formula is C19H23F3N4O3. The van der Waals surface area contributed by atoms with Gasteiger partial charge in [0.1, 0.15) is 23.8 Å². The predicted molar refractivity (Wildman–Crippen MR) is 95.9 cm³/mol. The van der Waals surface area contributed by atoms with Crippen LogP contribution < -0.4 is 5.32 Å². The van der Waals surface area contributed by atoms with Crippen molar-refractivity contribution in [1.82, 2.24) is 10.3 Å². The van der Waals surface area contributed by atoms with Crippen LogP contribution in [0.15, 0.2) is 34.6 Å². The smallest absolute Gasteiger partial charge is 0.416 e. The highest BCUT2D eigenvalue weighted by atomic mass is 19.4. The van der Waals surface area contributed by atoms with Gasteiger partial charge in [-0.15, -0.1) is 0 Å². The van der Waals surface area contributed by atoms with Crippen molar-refractivity contribution in [1.29, 1.82) is 0 Å². The predicted octanol–water partition coefficient (Wildman–Crippen LogP) is 3.69. The topological polar surface area (TPSA) is 78.8 Å². The summed E-state index contributed by atoms with van der Waals surface area (Å²) in [5.41, 5.74) is -0.380. The van der Waals surface area contributed by atoms with Crippen molar-refractivity contribution in [2.45, 2.75) is 69.2 Å². The second kappa shape index (κ2) is 7.16. The summed E-state index contributed by atoms with van der Waals surface area (Å²) in [5.74, 6) is 0. The summed E-state index contributed by atoms with van der Waals surface area (Å²) in [5, 5.41) is 13.0. The van der Waals surface area contributed by atoms with Gasteiger partial charge >= 0.3 is 12.3 Å². The van der Waals surface area contributed by atoms with E-state index in [9.17, 15) is 18.0 Å². The van der Waals surface area contributed by atoms with Gasteiger partial charge in [-0.2, -0.15) is 18.3 Å². The zero-order chi connectivity index (χ0) is 20.8. The van der Waals surface area contributed by atoms with Gasteiger partial charge in [0.25, 0.3) is 0 Å². The maximum absolute atomic E-state index is 12.8. The molecule has 4 atom stereocenters. The first kappa shape index (κ1) is 19.9. The lowest BCUT2D eigenvalue weighted by molar-refractivity contribution is -0.137. The number of fused-ring (bicyclic) bond motifs is 2. The van der Waals surface area contributed by atoms with E-state index in [1.807, 2.05) is 13.8 Å². The third kappa shape index (κ3) is 4.03. The summed E-state index contributed by atoms with van der Waals surface area (Å²) in [7, 11) is 0. The van der Waals surface area contributed by atoms with Gasteiger partial charge in [-0.3, -0.25) is 5.01 Å². The molecule has 1 N–H and O–H groups in total. The zero-order valence-corrected chi connectivity index (χ0v) is 16.1. The number of carbonyl (C=O) groups excluding carboxylic acids is 1. The molecule has 1 aliphatic carbocycles. The Morgan fingerprint density at radius 3 is 2.66 bits per heavy atom. The number of ether oxygens (including phenoxy) is 2. The van der Waals surface area contributed by atoms with Crippen LogP contribution in [0, 0.1) is 0 Å². The summed E-state index contributed by atoms with van der Waals surface area (Å²) in [4.78, 5) is 12.0. The van der Waals surface area contributed by atoms with Crippen LogP contribution in [0.5, 0.6) is 0 Å². The maximum Gasteiger partial charge on any atom is 0.416 e. The summed E-state index contributed by atoms with van der Waals surface area (Å²) in [6.07, 6.45) is -3.95.